The van der Waals surface area contributed by atoms with Crippen molar-refractivity contribution in [3.8, 4) is 0 Å². The average molecular weight is 406 g/mol. The van der Waals surface area contributed by atoms with E-state index in [1.807, 2.05) is 31.2 Å². The minimum Gasteiger partial charge on any atom is -0.324 e. The third-order valence-electron chi connectivity index (χ3n) is 4.91. The molecule has 7 nitrogen and oxygen atoms in total. The molecule has 2 heterocycles. The van der Waals surface area contributed by atoms with E-state index in [9.17, 15) is 18.8 Å². The molecule has 152 valence electrons. The van der Waals surface area contributed by atoms with Crippen molar-refractivity contribution >= 4 is 23.2 Å². The van der Waals surface area contributed by atoms with Gasteiger partial charge in [-0.05, 0) is 49.2 Å². The molecule has 2 amide bonds. The molecule has 3 aromatic rings. The zero-order valence-electron chi connectivity index (χ0n) is 16.2. The minimum absolute atomic E-state index is 0.0478. The van der Waals surface area contributed by atoms with E-state index in [0.717, 1.165) is 22.4 Å². The fourth-order valence-electron chi connectivity index (χ4n) is 3.58. The highest BCUT2D eigenvalue weighted by atomic mass is 19.1. The van der Waals surface area contributed by atoms with E-state index in [4.69, 9.17) is 0 Å². The van der Waals surface area contributed by atoms with Gasteiger partial charge in [-0.3, -0.25) is 14.4 Å². The number of carbonyl (C=O) groups excluding carboxylic acids is 2. The van der Waals surface area contributed by atoms with Gasteiger partial charge in [0.15, 0.2) is 0 Å². The molecule has 0 fully saturated rings. The lowest BCUT2D eigenvalue weighted by Gasteiger charge is -2.22. The van der Waals surface area contributed by atoms with E-state index in [-0.39, 0.29) is 23.3 Å². The van der Waals surface area contributed by atoms with E-state index in [0.29, 0.717) is 0 Å². The number of rotatable bonds is 4. The summed E-state index contributed by atoms with van der Waals surface area (Å²) in [5, 5.41) is 6.61. The zero-order valence-corrected chi connectivity index (χ0v) is 16.2. The van der Waals surface area contributed by atoms with E-state index in [1.165, 1.54) is 36.4 Å². The number of benzene rings is 2. The molecule has 0 saturated carbocycles. The average Bonchev–Trinajstić information content (AvgIpc) is 3.04. The van der Waals surface area contributed by atoms with Crippen molar-refractivity contribution < 1.29 is 14.0 Å². The first-order chi connectivity index (χ1) is 14.4. The normalized spacial score (nSPS) is 15.0. The van der Waals surface area contributed by atoms with Crippen LogP contribution in [0.2, 0.25) is 0 Å². The molecule has 1 N–H and O–H groups in total. The zero-order chi connectivity index (χ0) is 21.3. The lowest BCUT2D eigenvalue weighted by Crippen LogP contribution is -2.38. The molecule has 2 aromatic carbocycles. The summed E-state index contributed by atoms with van der Waals surface area (Å²) in [5.41, 5.74) is 1.70. The smallest absolute Gasteiger partial charge is 0.278 e. The summed E-state index contributed by atoms with van der Waals surface area (Å²) < 4.78 is 14.2. The van der Waals surface area contributed by atoms with Crippen molar-refractivity contribution in [3.63, 3.8) is 0 Å². The van der Waals surface area contributed by atoms with Crippen LogP contribution in [0.3, 0.4) is 0 Å². The Balaban J connectivity index is 1.55. The Morgan fingerprint density at radius 3 is 2.73 bits per heavy atom. The van der Waals surface area contributed by atoms with E-state index in [2.05, 4.69) is 10.4 Å². The highest BCUT2D eigenvalue weighted by Crippen LogP contribution is 2.32. The van der Waals surface area contributed by atoms with Crippen LogP contribution in [0.15, 0.2) is 65.5 Å². The first-order valence-corrected chi connectivity index (χ1v) is 9.47. The fraction of sp³-hybridized carbons (Fsp3) is 0.182. The second kappa shape index (κ2) is 7.90. The lowest BCUT2D eigenvalue weighted by molar-refractivity contribution is -0.117. The molecule has 4 rings (SSSR count). The van der Waals surface area contributed by atoms with Crippen LogP contribution in [0.25, 0.3) is 0 Å². The van der Waals surface area contributed by atoms with Crippen molar-refractivity contribution in [2.24, 2.45) is 0 Å². The summed E-state index contributed by atoms with van der Waals surface area (Å²) >= 11 is 0. The summed E-state index contributed by atoms with van der Waals surface area (Å²) in [6.07, 6.45) is 0.734. The molecular formula is C22H19FN4O3. The van der Waals surface area contributed by atoms with Crippen LogP contribution in [0, 0.1) is 5.82 Å². The lowest BCUT2D eigenvalue weighted by atomic mass is 10.1. The summed E-state index contributed by atoms with van der Waals surface area (Å²) in [5.74, 6) is -1.39. The number of anilines is 2. The van der Waals surface area contributed by atoms with Crippen LogP contribution in [0.4, 0.5) is 15.8 Å². The molecule has 8 heteroatoms. The maximum atomic E-state index is 13.3. The fourth-order valence-corrected chi connectivity index (χ4v) is 3.58. The Bertz CT molecular complexity index is 1190. The molecule has 0 spiro atoms. The van der Waals surface area contributed by atoms with Crippen LogP contribution < -0.4 is 15.8 Å². The summed E-state index contributed by atoms with van der Waals surface area (Å²) in [6, 6.07) is 15.6. The van der Waals surface area contributed by atoms with Crippen molar-refractivity contribution in [3.05, 3.63) is 88.1 Å². The number of halogens is 1. The van der Waals surface area contributed by atoms with Gasteiger partial charge in [0, 0.05) is 23.5 Å². The summed E-state index contributed by atoms with van der Waals surface area (Å²) in [7, 11) is 0. The highest BCUT2D eigenvalue weighted by molar-refractivity contribution is 6.06. The highest BCUT2D eigenvalue weighted by Gasteiger charge is 2.32. The first kappa shape index (κ1) is 19.5. The molecule has 1 aliphatic rings. The van der Waals surface area contributed by atoms with Gasteiger partial charge in [0.1, 0.15) is 18.1 Å². The Morgan fingerprint density at radius 2 is 1.93 bits per heavy atom. The third kappa shape index (κ3) is 3.84. The van der Waals surface area contributed by atoms with Crippen molar-refractivity contribution in [2.45, 2.75) is 25.9 Å². The predicted octanol–water partition coefficient (Wildman–Crippen LogP) is 2.61. The molecule has 0 bridgehead atoms. The number of para-hydroxylation sites is 1. The molecule has 1 unspecified atom stereocenters. The van der Waals surface area contributed by atoms with Gasteiger partial charge in [0.05, 0.1) is 0 Å². The Morgan fingerprint density at radius 1 is 1.13 bits per heavy atom. The number of hydrogen-bond acceptors (Lipinski definition) is 4. The molecule has 30 heavy (non-hydrogen) atoms. The molecule has 1 aromatic heterocycles. The molecule has 1 aliphatic heterocycles. The van der Waals surface area contributed by atoms with Crippen molar-refractivity contribution in [1.82, 2.24) is 9.78 Å². The van der Waals surface area contributed by atoms with Gasteiger partial charge in [-0.2, -0.15) is 5.10 Å². The molecular weight excluding hydrogens is 387 g/mol. The van der Waals surface area contributed by atoms with Crippen LogP contribution >= 0.6 is 0 Å². The maximum absolute atomic E-state index is 13.3. The van der Waals surface area contributed by atoms with Crippen LogP contribution in [0.1, 0.15) is 23.0 Å². The number of carbonyl (C=O) groups is 2. The minimum atomic E-state index is -0.556. The second-order valence-corrected chi connectivity index (χ2v) is 7.13. The maximum Gasteiger partial charge on any atom is 0.278 e. The largest absolute Gasteiger partial charge is 0.324 e. The number of amides is 2. The summed E-state index contributed by atoms with van der Waals surface area (Å²) in [4.78, 5) is 39.2. The van der Waals surface area contributed by atoms with Crippen LogP contribution in [0.5, 0.6) is 0 Å². The van der Waals surface area contributed by atoms with Gasteiger partial charge in [-0.25, -0.2) is 9.07 Å². The molecule has 1 atom stereocenters. The SMILES string of the molecule is CC1Cc2ccccc2N1C(=O)c1ccc(=O)n(CC(=O)Nc2cccc(F)c2)n1. The first-order valence-electron chi connectivity index (χ1n) is 9.47. The second-order valence-electron chi connectivity index (χ2n) is 7.13. The van der Waals surface area contributed by atoms with Gasteiger partial charge in [0.25, 0.3) is 11.5 Å². The Kier molecular flexibility index (Phi) is 5.14. The quantitative estimate of drug-likeness (QED) is 0.722. The summed E-state index contributed by atoms with van der Waals surface area (Å²) in [6.45, 7) is 1.54. The standard InChI is InChI=1S/C22H19FN4O3/c1-14-11-15-5-2-3-8-19(15)27(14)22(30)18-9-10-21(29)26(25-18)13-20(28)24-17-7-4-6-16(23)12-17/h2-10,12,14H,11,13H2,1H3,(H,24,28). The monoisotopic (exact) mass is 406 g/mol. The van der Waals surface area contributed by atoms with Crippen LogP contribution in [-0.2, 0) is 17.8 Å². The van der Waals surface area contributed by atoms with Crippen molar-refractivity contribution in [2.75, 3.05) is 10.2 Å². The van der Waals surface area contributed by atoms with Crippen molar-refractivity contribution in [1.29, 1.82) is 0 Å². The van der Waals surface area contributed by atoms with E-state index >= 15 is 0 Å². The molecule has 0 saturated heterocycles. The topological polar surface area (TPSA) is 84.3 Å². The number of fused-ring (bicyclic) bond motifs is 1. The molecule has 0 aliphatic carbocycles. The van der Waals surface area contributed by atoms with Gasteiger partial charge < -0.3 is 10.2 Å². The van der Waals surface area contributed by atoms with Crippen LogP contribution in [-0.4, -0.2) is 27.6 Å². The number of aromatic nitrogens is 2. The van der Waals surface area contributed by atoms with Gasteiger partial charge in [-0.1, -0.05) is 24.3 Å². The van der Waals surface area contributed by atoms with Gasteiger partial charge >= 0.3 is 0 Å². The molecule has 0 radical (unpaired) electrons. The van der Waals surface area contributed by atoms with E-state index < -0.39 is 23.8 Å². The number of hydrogen-bond donors (Lipinski definition) is 1. The third-order valence-corrected chi connectivity index (χ3v) is 4.91. The predicted molar refractivity (Wildman–Crippen MR) is 110 cm³/mol. The number of nitrogens with zero attached hydrogens (tertiary/aromatic N) is 3. The van der Waals surface area contributed by atoms with Gasteiger partial charge in [0.2, 0.25) is 5.91 Å². The number of nitrogens with one attached hydrogen (secondary N) is 1. The van der Waals surface area contributed by atoms with Gasteiger partial charge in [-0.15, -0.1) is 0 Å². The Labute approximate surface area is 171 Å². The Hall–Kier alpha value is -3.81. The van der Waals surface area contributed by atoms with E-state index in [1.54, 1.807) is 4.90 Å².